The fraction of sp³-hybridized carbons (Fsp3) is 0.333. The van der Waals surface area contributed by atoms with E-state index in [0.717, 1.165) is 22.6 Å². The van der Waals surface area contributed by atoms with Crippen molar-refractivity contribution in [1.29, 1.82) is 0 Å². The Morgan fingerprint density at radius 3 is 2.65 bits per heavy atom. The molecule has 0 aromatic carbocycles. The summed E-state index contributed by atoms with van der Waals surface area (Å²) in [5, 5.41) is 0. The number of esters is 1. The van der Waals surface area contributed by atoms with Gasteiger partial charge in [0, 0.05) is 24.0 Å². The van der Waals surface area contributed by atoms with E-state index in [4.69, 9.17) is 4.74 Å². The SMILES string of the molecule is COC(=O)c1c(-c2cnc[nH]2)c(C)n(C)c1C. The van der Waals surface area contributed by atoms with Crippen molar-refractivity contribution in [2.24, 2.45) is 7.05 Å². The van der Waals surface area contributed by atoms with Crippen LogP contribution in [0, 0.1) is 13.8 Å². The molecule has 2 heterocycles. The van der Waals surface area contributed by atoms with E-state index in [1.165, 1.54) is 7.11 Å². The van der Waals surface area contributed by atoms with Crippen LogP contribution in [0.15, 0.2) is 12.5 Å². The highest BCUT2D eigenvalue weighted by Gasteiger charge is 2.23. The number of aromatic amines is 1. The molecule has 0 amide bonds. The number of nitrogens with one attached hydrogen (secondary N) is 1. The van der Waals surface area contributed by atoms with E-state index in [-0.39, 0.29) is 5.97 Å². The molecule has 2 rings (SSSR count). The van der Waals surface area contributed by atoms with Crippen LogP contribution in [0.1, 0.15) is 21.7 Å². The van der Waals surface area contributed by atoms with Gasteiger partial charge in [0.15, 0.2) is 0 Å². The summed E-state index contributed by atoms with van der Waals surface area (Å²) in [4.78, 5) is 18.9. The van der Waals surface area contributed by atoms with Crippen molar-refractivity contribution in [3.8, 4) is 11.3 Å². The number of aromatic nitrogens is 3. The number of carbonyl (C=O) groups excluding carboxylic acids is 1. The second kappa shape index (κ2) is 4.08. The molecule has 0 aliphatic carbocycles. The Balaban J connectivity index is 2.73. The van der Waals surface area contributed by atoms with Gasteiger partial charge in [-0.15, -0.1) is 0 Å². The molecule has 0 spiro atoms. The average Bonchev–Trinajstić information content (AvgIpc) is 2.91. The van der Waals surface area contributed by atoms with Crippen molar-refractivity contribution < 1.29 is 9.53 Å². The van der Waals surface area contributed by atoms with Crippen LogP contribution in [-0.4, -0.2) is 27.6 Å². The summed E-state index contributed by atoms with van der Waals surface area (Å²) in [6, 6.07) is 0. The van der Waals surface area contributed by atoms with Crippen LogP contribution in [0.2, 0.25) is 0 Å². The van der Waals surface area contributed by atoms with Gasteiger partial charge in [-0.05, 0) is 13.8 Å². The molecule has 2 aromatic heterocycles. The number of ether oxygens (including phenoxy) is 1. The molecule has 0 bridgehead atoms. The number of rotatable bonds is 2. The van der Waals surface area contributed by atoms with E-state index < -0.39 is 0 Å². The zero-order valence-electron chi connectivity index (χ0n) is 10.4. The lowest BCUT2D eigenvalue weighted by Gasteiger charge is -2.02. The van der Waals surface area contributed by atoms with E-state index in [2.05, 4.69) is 9.97 Å². The Morgan fingerprint density at radius 2 is 2.12 bits per heavy atom. The Kier molecular flexibility index (Phi) is 2.75. The lowest BCUT2D eigenvalue weighted by molar-refractivity contribution is 0.0600. The van der Waals surface area contributed by atoms with E-state index >= 15 is 0 Å². The number of nitrogens with zero attached hydrogens (tertiary/aromatic N) is 2. The molecule has 0 saturated carbocycles. The van der Waals surface area contributed by atoms with Crippen LogP contribution in [0.5, 0.6) is 0 Å². The second-order valence-electron chi connectivity index (χ2n) is 3.94. The monoisotopic (exact) mass is 233 g/mol. The van der Waals surface area contributed by atoms with Crippen LogP contribution in [0.3, 0.4) is 0 Å². The molecular weight excluding hydrogens is 218 g/mol. The number of imidazole rings is 1. The summed E-state index contributed by atoms with van der Waals surface area (Å²) in [6.45, 7) is 3.87. The molecular formula is C12H15N3O2. The maximum atomic E-state index is 11.8. The van der Waals surface area contributed by atoms with Gasteiger partial charge in [0.1, 0.15) is 0 Å². The largest absolute Gasteiger partial charge is 0.465 e. The molecule has 0 atom stereocenters. The fourth-order valence-corrected chi connectivity index (χ4v) is 2.02. The van der Waals surface area contributed by atoms with Gasteiger partial charge >= 0.3 is 5.97 Å². The lowest BCUT2D eigenvalue weighted by atomic mass is 10.1. The normalized spacial score (nSPS) is 10.6. The van der Waals surface area contributed by atoms with Crippen LogP contribution < -0.4 is 0 Å². The number of hydrogen-bond donors (Lipinski definition) is 1. The topological polar surface area (TPSA) is 59.9 Å². The van der Waals surface area contributed by atoms with Crippen molar-refractivity contribution in [1.82, 2.24) is 14.5 Å². The number of H-pyrrole nitrogens is 1. The van der Waals surface area contributed by atoms with Crippen LogP contribution >= 0.6 is 0 Å². The molecule has 5 heteroatoms. The summed E-state index contributed by atoms with van der Waals surface area (Å²) in [5.74, 6) is -0.323. The van der Waals surface area contributed by atoms with E-state index in [1.54, 1.807) is 12.5 Å². The standard InChI is InChI=1S/C12H15N3O2/c1-7-10(9-5-13-6-14-9)11(12(16)17-4)8(2)15(7)3/h5-6H,1-4H3,(H,13,14). The number of hydrogen-bond acceptors (Lipinski definition) is 3. The van der Waals surface area contributed by atoms with Gasteiger partial charge in [-0.2, -0.15) is 0 Å². The quantitative estimate of drug-likeness (QED) is 0.805. The molecule has 0 aliphatic rings. The summed E-state index contributed by atoms with van der Waals surface area (Å²) in [5.41, 5.74) is 4.17. The first-order valence-electron chi connectivity index (χ1n) is 5.30. The first kappa shape index (κ1) is 11.4. The zero-order chi connectivity index (χ0) is 12.6. The third-order valence-corrected chi connectivity index (χ3v) is 3.14. The zero-order valence-corrected chi connectivity index (χ0v) is 10.4. The highest BCUT2D eigenvalue weighted by Crippen LogP contribution is 2.30. The van der Waals surface area contributed by atoms with Crippen molar-refractivity contribution in [2.75, 3.05) is 7.11 Å². The summed E-state index contributed by atoms with van der Waals surface area (Å²) in [7, 11) is 3.32. The summed E-state index contributed by atoms with van der Waals surface area (Å²) in [6.07, 6.45) is 3.30. The summed E-state index contributed by atoms with van der Waals surface area (Å²) < 4.78 is 6.81. The van der Waals surface area contributed by atoms with E-state index in [0.29, 0.717) is 5.56 Å². The van der Waals surface area contributed by atoms with Crippen LogP contribution in [0.4, 0.5) is 0 Å². The minimum absolute atomic E-state index is 0.323. The third-order valence-electron chi connectivity index (χ3n) is 3.14. The first-order chi connectivity index (χ1) is 8.07. The molecule has 90 valence electrons. The van der Waals surface area contributed by atoms with Gasteiger partial charge in [0.05, 0.1) is 30.9 Å². The minimum Gasteiger partial charge on any atom is -0.465 e. The molecule has 0 fully saturated rings. The van der Waals surface area contributed by atoms with Crippen LogP contribution in [-0.2, 0) is 11.8 Å². The predicted octanol–water partition coefficient (Wildman–Crippen LogP) is 1.82. The number of methoxy groups -OCH3 is 1. The Hall–Kier alpha value is -2.04. The van der Waals surface area contributed by atoms with E-state index in [1.807, 2.05) is 25.5 Å². The minimum atomic E-state index is -0.323. The van der Waals surface area contributed by atoms with Crippen molar-refractivity contribution in [2.45, 2.75) is 13.8 Å². The van der Waals surface area contributed by atoms with E-state index in [9.17, 15) is 4.79 Å². The molecule has 5 nitrogen and oxygen atoms in total. The molecule has 0 radical (unpaired) electrons. The highest BCUT2D eigenvalue weighted by atomic mass is 16.5. The van der Waals surface area contributed by atoms with Gasteiger partial charge in [0.2, 0.25) is 0 Å². The average molecular weight is 233 g/mol. The molecule has 0 aliphatic heterocycles. The predicted molar refractivity (Wildman–Crippen MR) is 63.8 cm³/mol. The van der Waals surface area contributed by atoms with Crippen molar-refractivity contribution in [3.05, 3.63) is 29.5 Å². The molecule has 1 N–H and O–H groups in total. The first-order valence-corrected chi connectivity index (χ1v) is 5.30. The summed E-state index contributed by atoms with van der Waals surface area (Å²) >= 11 is 0. The maximum absolute atomic E-state index is 11.8. The maximum Gasteiger partial charge on any atom is 0.340 e. The van der Waals surface area contributed by atoms with Gasteiger partial charge in [-0.1, -0.05) is 0 Å². The van der Waals surface area contributed by atoms with Crippen molar-refractivity contribution in [3.63, 3.8) is 0 Å². The fourth-order valence-electron chi connectivity index (χ4n) is 2.02. The Labute approximate surface area is 99.4 Å². The Bertz CT molecular complexity index is 553. The smallest absolute Gasteiger partial charge is 0.340 e. The van der Waals surface area contributed by atoms with Gasteiger partial charge in [0.25, 0.3) is 0 Å². The van der Waals surface area contributed by atoms with Crippen LogP contribution in [0.25, 0.3) is 11.3 Å². The van der Waals surface area contributed by atoms with Gasteiger partial charge in [-0.3, -0.25) is 0 Å². The third kappa shape index (κ3) is 1.63. The molecule has 0 saturated heterocycles. The highest BCUT2D eigenvalue weighted by molar-refractivity contribution is 5.99. The second-order valence-corrected chi connectivity index (χ2v) is 3.94. The molecule has 2 aromatic rings. The van der Waals surface area contributed by atoms with Gasteiger partial charge in [-0.25, -0.2) is 9.78 Å². The molecule has 17 heavy (non-hydrogen) atoms. The van der Waals surface area contributed by atoms with Gasteiger partial charge < -0.3 is 14.3 Å². The Morgan fingerprint density at radius 1 is 1.41 bits per heavy atom. The molecule has 0 unspecified atom stereocenters. The lowest BCUT2D eigenvalue weighted by Crippen LogP contribution is -2.04. The van der Waals surface area contributed by atoms with Crippen molar-refractivity contribution >= 4 is 5.97 Å². The number of carbonyl (C=O) groups is 1.